The molecule has 1 aliphatic heterocycles. The number of carbonyl (C=O) groups is 1. The number of rotatable bonds is 6. The quantitative estimate of drug-likeness (QED) is 0.826. The Morgan fingerprint density at radius 2 is 2.36 bits per heavy atom. The molecule has 8 heteroatoms. The van der Waals surface area contributed by atoms with Crippen molar-refractivity contribution >= 4 is 11.7 Å². The molecular formula is C17H22N4O4. The average molecular weight is 346 g/mol. The van der Waals surface area contributed by atoms with E-state index in [1.54, 1.807) is 30.6 Å². The van der Waals surface area contributed by atoms with E-state index in [2.05, 4.69) is 10.3 Å². The van der Waals surface area contributed by atoms with Gasteiger partial charge in [-0.2, -0.15) is 0 Å². The Morgan fingerprint density at radius 3 is 3.16 bits per heavy atom. The lowest BCUT2D eigenvalue weighted by molar-refractivity contribution is -0.138. The maximum Gasteiger partial charge on any atom is 0.293 e. The first-order valence-electron chi connectivity index (χ1n) is 8.31. The van der Waals surface area contributed by atoms with Gasteiger partial charge in [-0.15, -0.1) is 0 Å². The third kappa shape index (κ3) is 4.48. The molecule has 8 nitrogen and oxygen atoms in total. The average Bonchev–Trinajstić information content (AvgIpc) is 3.15. The summed E-state index contributed by atoms with van der Waals surface area (Å²) in [6.45, 7) is 1.99. The smallest absolute Gasteiger partial charge is 0.293 e. The lowest BCUT2D eigenvalue weighted by Gasteiger charge is -2.33. The molecule has 3 heterocycles. The number of amides is 1. The SMILES string of the molecule is Cn1ccnc(NCC2CN(C(=O)CCc3ccco3)CCO2)c1=O. The van der Waals surface area contributed by atoms with Crippen LogP contribution < -0.4 is 10.9 Å². The topological polar surface area (TPSA) is 89.6 Å². The minimum atomic E-state index is -0.190. The summed E-state index contributed by atoms with van der Waals surface area (Å²) in [4.78, 5) is 30.1. The maximum absolute atomic E-state index is 12.4. The molecule has 25 heavy (non-hydrogen) atoms. The molecule has 0 spiro atoms. The van der Waals surface area contributed by atoms with Crippen molar-refractivity contribution in [3.8, 4) is 0 Å². The third-order valence-electron chi connectivity index (χ3n) is 4.17. The van der Waals surface area contributed by atoms with Crippen molar-refractivity contribution in [2.75, 3.05) is 31.6 Å². The number of nitrogens with one attached hydrogen (secondary N) is 1. The van der Waals surface area contributed by atoms with Crippen molar-refractivity contribution in [3.05, 3.63) is 46.9 Å². The predicted molar refractivity (Wildman–Crippen MR) is 91.3 cm³/mol. The zero-order valence-electron chi connectivity index (χ0n) is 14.2. The molecule has 0 bridgehead atoms. The van der Waals surface area contributed by atoms with E-state index >= 15 is 0 Å². The van der Waals surface area contributed by atoms with Gasteiger partial charge in [0.15, 0.2) is 5.82 Å². The third-order valence-corrected chi connectivity index (χ3v) is 4.17. The number of hydrogen-bond acceptors (Lipinski definition) is 6. The maximum atomic E-state index is 12.4. The van der Waals surface area contributed by atoms with Gasteiger partial charge >= 0.3 is 0 Å². The highest BCUT2D eigenvalue weighted by Gasteiger charge is 2.24. The van der Waals surface area contributed by atoms with E-state index in [-0.39, 0.29) is 23.4 Å². The number of carbonyl (C=O) groups excluding carboxylic acids is 1. The molecule has 134 valence electrons. The molecule has 0 radical (unpaired) electrons. The lowest BCUT2D eigenvalue weighted by Crippen LogP contribution is -2.48. The molecule has 2 aromatic rings. The van der Waals surface area contributed by atoms with Gasteiger partial charge in [-0.05, 0) is 12.1 Å². The van der Waals surface area contributed by atoms with Crippen LogP contribution in [-0.2, 0) is 23.0 Å². The van der Waals surface area contributed by atoms with Gasteiger partial charge < -0.3 is 23.9 Å². The summed E-state index contributed by atoms with van der Waals surface area (Å²) in [5, 5.41) is 3.01. The molecule has 1 atom stereocenters. The first-order chi connectivity index (χ1) is 12.1. The zero-order chi connectivity index (χ0) is 17.6. The highest BCUT2D eigenvalue weighted by Crippen LogP contribution is 2.10. The van der Waals surface area contributed by atoms with Crippen LogP contribution in [0.5, 0.6) is 0 Å². The molecule has 0 aromatic carbocycles. The normalized spacial score (nSPS) is 17.5. The van der Waals surface area contributed by atoms with E-state index in [1.807, 2.05) is 12.1 Å². The number of aryl methyl sites for hydroxylation is 2. The van der Waals surface area contributed by atoms with Gasteiger partial charge in [0.25, 0.3) is 5.56 Å². The number of ether oxygens (including phenoxy) is 1. The molecule has 1 N–H and O–H groups in total. The van der Waals surface area contributed by atoms with Crippen molar-refractivity contribution in [1.82, 2.24) is 14.5 Å². The second-order valence-corrected chi connectivity index (χ2v) is 5.98. The highest BCUT2D eigenvalue weighted by molar-refractivity contribution is 5.76. The summed E-state index contributed by atoms with van der Waals surface area (Å²) in [6.07, 6.45) is 5.61. The summed E-state index contributed by atoms with van der Waals surface area (Å²) in [5.41, 5.74) is -0.190. The molecule has 0 saturated carbocycles. The highest BCUT2D eigenvalue weighted by atomic mass is 16.5. The number of nitrogens with zero attached hydrogens (tertiary/aromatic N) is 3. The fraction of sp³-hybridized carbons (Fsp3) is 0.471. The Balaban J connectivity index is 1.49. The fourth-order valence-electron chi connectivity index (χ4n) is 2.74. The Hall–Kier alpha value is -2.61. The van der Waals surface area contributed by atoms with Crippen molar-refractivity contribution in [2.45, 2.75) is 18.9 Å². The largest absolute Gasteiger partial charge is 0.469 e. The zero-order valence-corrected chi connectivity index (χ0v) is 14.2. The fourth-order valence-corrected chi connectivity index (χ4v) is 2.74. The van der Waals surface area contributed by atoms with Crippen LogP contribution in [0.4, 0.5) is 5.82 Å². The molecule has 1 fully saturated rings. The lowest BCUT2D eigenvalue weighted by atomic mass is 10.2. The molecule has 1 unspecified atom stereocenters. The van der Waals surface area contributed by atoms with E-state index < -0.39 is 0 Å². The molecule has 0 aliphatic carbocycles. The molecule has 3 rings (SSSR count). The van der Waals surface area contributed by atoms with Crippen molar-refractivity contribution in [2.24, 2.45) is 7.05 Å². The van der Waals surface area contributed by atoms with Gasteiger partial charge in [0, 0.05) is 51.9 Å². The number of aromatic nitrogens is 2. The van der Waals surface area contributed by atoms with Crippen LogP contribution in [0.1, 0.15) is 12.2 Å². The van der Waals surface area contributed by atoms with Crippen LogP contribution in [0.15, 0.2) is 40.0 Å². The number of anilines is 1. The van der Waals surface area contributed by atoms with Gasteiger partial charge in [0.2, 0.25) is 5.91 Å². The summed E-state index contributed by atoms with van der Waals surface area (Å²) in [7, 11) is 1.67. The minimum absolute atomic E-state index is 0.0819. The second kappa shape index (κ2) is 7.98. The summed E-state index contributed by atoms with van der Waals surface area (Å²) < 4.78 is 12.4. The molecular weight excluding hydrogens is 324 g/mol. The van der Waals surface area contributed by atoms with Crippen molar-refractivity contribution in [3.63, 3.8) is 0 Å². The molecule has 2 aromatic heterocycles. The van der Waals surface area contributed by atoms with Crippen LogP contribution >= 0.6 is 0 Å². The minimum Gasteiger partial charge on any atom is -0.469 e. The Labute approximate surface area is 145 Å². The molecule has 1 aliphatic rings. The summed E-state index contributed by atoms with van der Waals surface area (Å²) in [6, 6.07) is 3.69. The summed E-state index contributed by atoms with van der Waals surface area (Å²) >= 11 is 0. The number of hydrogen-bond donors (Lipinski definition) is 1. The van der Waals surface area contributed by atoms with E-state index in [1.165, 1.54) is 4.57 Å². The van der Waals surface area contributed by atoms with Crippen molar-refractivity contribution in [1.29, 1.82) is 0 Å². The Bertz CT molecular complexity index is 756. The van der Waals surface area contributed by atoms with E-state index in [0.29, 0.717) is 39.1 Å². The standard InChI is InChI=1S/C17H22N4O4/c1-20-7-6-18-16(17(20)23)19-11-14-12-21(8-10-25-14)15(22)5-4-13-3-2-9-24-13/h2-3,6-7,9,14H,4-5,8,10-12H2,1H3,(H,18,19). The van der Waals surface area contributed by atoms with Crippen LogP contribution in [0, 0.1) is 0 Å². The first-order valence-corrected chi connectivity index (χ1v) is 8.31. The van der Waals surface area contributed by atoms with Crippen LogP contribution in [0.2, 0.25) is 0 Å². The Kier molecular flexibility index (Phi) is 5.49. The predicted octanol–water partition coefficient (Wildman–Crippen LogP) is 0.645. The van der Waals surface area contributed by atoms with Gasteiger partial charge in [-0.25, -0.2) is 4.98 Å². The first kappa shape index (κ1) is 17.2. The van der Waals surface area contributed by atoms with E-state index in [0.717, 1.165) is 5.76 Å². The van der Waals surface area contributed by atoms with Crippen molar-refractivity contribution < 1.29 is 13.9 Å². The van der Waals surface area contributed by atoms with E-state index in [9.17, 15) is 9.59 Å². The number of furan rings is 1. The van der Waals surface area contributed by atoms with Gasteiger partial charge in [0.1, 0.15) is 5.76 Å². The Morgan fingerprint density at radius 1 is 1.48 bits per heavy atom. The van der Waals surface area contributed by atoms with E-state index in [4.69, 9.17) is 9.15 Å². The number of morpholine rings is 1. The van der Waals surface area contributed by atoms with Gasteiger partial charge in [-0.3, -0.25) is 9.59 Å². The summed E-state index contributed by atoms with van der Waals surface area (Å²) in [5.74, 6) is 1.18. The van der Waals surface area contributed by atoms with Crippen LogP contribution in [0.25, 0.3) is 0 Å². The second-order valence-electron chi connectivity index (χ2n) is 5.98. The molecule has 1 amide bonds. The van der Waals surface area contributed by atoms with Crippen LogP contribution in [-0.4, -0.2) is 52.7 Å². The van der Waals surface area contributed by atoms with Crippen LogP contribution in [0.3, 0.4) is 0 Å². The molecule has 1 saturated heterocycles. The van der Waals surface area contributed by atoms with Gasteiger partial charge in [-0.1, -0.05) is 0 Å². The monoisotopic (exact) mass is 346 g/mol. The van der Waals surface area contributed by atoms with Gasteiger partial charge in [0.05, 0.1) is 19.0 Å².